The predicted molar refractivity (Wildman–Crippen MR) is 103 cm³/mol. The molecule has 0 radical (unpaired) electrons. The first-order valence-corrected chi connectivity index (χ1v) is 8.31. The molecule has 0 aliphatic carbocycles. The second-order valence-electron chi connectivity index (χ2n) is 5.99. The number of nitrogens with one attached hydrogen (secondary N) is 1. The van der Waals surface area contributed by atoms with E-state index < -0.39 is 29.8 Å². The first-order valence-electron chi connectivity index (χ1n) is 8.31. The number of ether oxygens (including phenoxy) is 1. The van der Waals surface area contributed by atoms with Crippen molar-refractivity contribution in [3.63, 3.8) is 0 Å². The van der Waals surface area contributed by atoms with Crippen LogP contribution in [0.25, 0.3) is 6.08 Å². The third-order valence-corrected chi connectivity index (χ3v) is 4.08. The summed E-state index contributed by atoms with van der Waals surface area (Å²) in [6.07, 6.45) is 2.69. The number of aromatic nitrogens is 1. The van der Waals surface area contributed by atoms with Crippen LogP contribution in [0.15, 0.2) is 41.2 Å². The molecule has 0 saturated heterocycles. The van der Waals surface area contributed by atoms with Crippen molar-refractivity contribution in [2.45, 2.75) is 6.92 Å². The Labute approximate surface area is 161 Å². The molecule has 146 valence electrons. The molecule has 0 bridgehead atoms. The average molecular weight is 384 g/mol. The van der Waals surface area contributed by atoms with Gasteiger partial charge in [-0.05, 0) is 30.7 Å². The Balaban J connectivity index is 2.28. The lowest BCUT2D eigenvalue weighted by Crippen LogP contribution is -2.29. The average Bonchev–Trinajstić information content (AvgIpc) is 2.68. The maximum absolute atomic E-state index is 12.6. The minimum Gasteiger partial charge on any atom is -0.496 e. The van der Waals surface area contributed by atoms with Crippen LogP contribution in [0.1, 0.15) is 32.0 Å². The minimum atomic E-state index is -1.15. The van der Waals surface area contributed by atoms with Crippen LogP contribution in [0.2, 0.25) is 0 Å². The highest BCUT2D eigenvalue weighted by atomic mass is 16.5. The van der Waals surface area contributed by atoms with Crippen molar-refractivity contribution in [1.82, 2.24) is 9.88 Å². The van der Waals surface area contributed by atoms with E-state index in [2.05, 4.69) is 5.32 Å². The van der Waals surface area contributed by atoms with Gasteiger partial charge in [-0.15, -0.1) is 0 Å². The number of carboxylic acid groups (broad SMARTS) is 1. The highest BCUT2D eigenvalue weighted by Crippen LogP contribution is 2.17. The third kappa shape index (κ3) is 4.73. The fraction of sp³-hybridized carbons (Fsp3) is 0.200. The molecule has 0 aliphatic heterocycles. The number of ketones is 1. The van der Waals surface area contributed by atoms with Gasteiger partial charge in [0.25, 0.3) is 11.5 Å². The van der Waals surface area contributed by atoms with E-state index in [1.165, 1.54) is 36.0 Å². The number of benzene rings is 1. The molecular weight excluding hydrogens is 364 g/mol. The molecule has 8 nitrogen and oxygen atoms in total. The predicted octanol–water partition coefficient (Wildman–Crippen LogP) is 1.41. The molecule has 0 saturated carbocycles. The standard InChI is InChI=1S/C20H20N2O6/c1-12-9-16(28-3)18(20(27)22(12)2)15(23)8-7-13-5-4-6-14(10-13)19(26)21-11-17(24)25/h4-10H,11H2,1-3H3,(H,21,26)(H,24,25). The Bertz CT molecular complexity index is 1020. The maximum atomic E-state index is 12.6. The molecule has 0 aliphatic rings. The van der Waals surface area contributed by atoms with E-state index in [1.807, 2.05) is 0 Å². The molecule has 0 spiro atoms. The van der Waals surface area contributed by atoms with Gasteiger partial charge in [0.1, 0.15) is 17.9 Å². The molecule has 1 heterocycles. The summed E-state index contributed by atoms with van der Waals surface area (Å²) in [6.45, 7) is 1.24. The zero-order valence-electron chi connectivity index (χ0n) is 15.7. The first kappa shape index (κ1) is 20.6. The van der Waals surface area contributed by atoms with Crippen molar-refractivity contribution >= 4 is 23.7 Å². The van der Waals surface area contributed by atoms with Crippen LogP contribution in [-0.4, -0.2) is 41.0 Å². The van der Waals surface area contributed by atoms with Gasteiger partial charge in [-0.1, -0.05) is 18.2 Å². The van der Waals surface area contributed by atoms with Gasteiger partial charge in [-0.25, -0.2) is 0 Å². The molecule has 2 N–H and O–H groups in total. The SMILES string of the molecule is COc1cc(C)n(C)c(=O)c1C(=O)C=Cc1cccc(C(=O)NCC(=O)O)c1. The fourth-order valence-electron chi connectivity index (χ4n) is 2.48. The quantitative estimate of drug-likeness (QED) is 0.551. The van der Waals surface area contributed by atoms with Gasteiger partial charge in [0.2, 0.25) is 0 Å². The molecule has 28 heavy (non-hydrogen) atoms. The molecule has 0 unspecified atom stereocenters. The summed E-state index contributed by atoms with van der Waals surface area (Å²) in [5, 5.41) is 10.9. The molecule has 0 fully saturated rings. The Morgan fingerprint density at radius 1 is 1.25 bits per heavy atom. The normalized spacial score (nSPS) is 10.7. The number of amides is 1. The lowest BCUT2D eigenvalue weighted by atomic mass is 10.1. The van der Waals surface area contributed by atoms with Crippen LogP contribution < -0.4 is 15.6 Å². The van der Waals surface area contributed by atoms with Crippen LogP contribution in [0.3, 0.4) is 0 Å². The number of allylic oxidation sites excluding steroid dienone is 1. The lowest BCUT2D eigenvalue weighted by Gasteiger charge is -2.10. The molecule has 1 amide bonds. The second kappa shape index (κ2) is 8.81. The van der Waals surface area contributed by atoms with E-state index in [4.69, 9.17) is 9.84 Å². The smallest absolute Gasteiger partial charge is 0.322 e. The summed E-state index contributed by atoms with van der Waals surface area (Å²) in [6, 6.07) is 7.91. The number of aryl methyl sites for hydroxylation is 1. The van der Waals surface area contributed by atoms with Gasteiger partial charge in [-0.2, -0.15) is 0 Å². The summed E-state index contributed by atoms with van der Waals surface area (Å²) in [7, 11) is 2.95. The Kier molecular flexibility index (Phi) is 6.49. The zero-order chi connectivity index (χ0) is 20.8. The number of carbonyl (C=O) groups is 3. The molecular formula is C20H20N2O6. The summed E-state index contributed by atoms with van der Waals surface area (Å²) in [4.78, 5) is 47.4. The molecule has 2 aromatic rings. The monoisotopic (exact) mass is 384 g/mol. The van der Waals surface area contributed by atoms with Gasteiger partial charge in [-0.3, -0.25) is 19.2 Å². The van der Waals surface area contributed by atoms with Crippen LogP contribution in [0, 0.1) is 6.92 Å². The van der Waals surface area contributed by atoms with Crippen molar-refractivity contribution in [2.24, 2.45) is 7.05 Å². The molecule has 1 aromatic heterocycles. The van der Waals surface area contributed by atoms with Gasteiger partial charge < -0.3 is 19.7 Å². The molecule has 2 rings (SSSR count). The maximum Gasteiger partial charge on any atom is 0.322 e. The van der Waals surface area contributed by atoms with E-state index in [9.17, 15) is 19.2 Å². The summed E-state index contributed by atoms with van der Waals surface area (Å²) < 4.78 is 6.52. The number of carbonyl (C=O) groups excluding carboxylic acids is 2. The highest BCUT2D eigenvalue weighted by molar-refractivity contribution is 6.08. The van der Waals surface area contributed by atoms with Gasteiger partial charge in [0, 0.05) is 24.4 Å². The van der Waals surface area contributed by atoms with Gasteiger partial charge in [0.05, 0.1) is 7.11 Å². The zero-order valence-corrected chi connectivity index (χ0v) is 15.7. The molecule has 0 atom stereocenters. The first-order chi connectivity index (χ1) is 13.2. The van der Waals surface area contributed by atoms with E-state index in [0.29, 0.717) is 11.3 Å². The number of carboxylic acids is 1. The van der Waals surface area contributed by atoms with E-state index in [-0.39, 0.29) is 16.9 Å². The fourth-order valence-corrected chi connectivity index (χ4v) is 2.48. The number of hydrogen-bond acceptors (Lipinski definition) is 5. The molecule has 8 heteroatoms. The van der Waals surface area contributed by atoms with Crippen LogP contribution in [0.5, 0.6) is 5.75 Å². The second-order valence-corrected chi connectivity index (χ2v) is 5.99. The molecule has 1 aromatic carbocycles. The summed E-state index contributed by atoms with van der Waals surface area (Å²) in [5.74, 6) is -2.03. The number of rotatable bonds is 7. The van der Waals surface area contributed by atoms with Crippen molar-refractivity contribution < 1.29 is 24.2 Å². The van der Waals surface area contributed by atoms with Gasteiger partial charge >= 0.3 is 5.97 Å². The third-order valence-electron chi connectivity index (χ3n) is 4.08. The number of hydrogen-bond donors (Lipinski definition) is 2. The van der Waals surface area contributed by atoms with Crippen molar-refractivity contribution in [3.05, 3.63) is 69.1 Å². The Hall–Kier alpha value is -3.68. The van der Waals surface area contributed by atoms with Gasteiger partial charge in [0.15, 0.2) is 5.78 Å². The number of nitrogens with zero attached hydrogens (tertiary/aromatic N) is 1. The Morgan fingerprint density at radius 3 is 2.61 bits per heavy atom. The van der Waals surface area contributed by atoms with Crippen molar-refractivity contribution in [1.29, 1.82) is 0 Å². The van der Waals surface area contributed by atoms with Crippen molar-refractivity contribution in [3.8, 4) is 5.75 Å². The number of methoxy groups -OCH3 is 1. The topological polar surface area (TPSA) is 115 Å². The number of aliphatic carboxylic acids is 1. The van der Waals surface area contributed by atoms with Crippen molar-refractivity contribution in [2.75, 3.05) is 13.7 Å². The highest BCUT2D eigenvalue weighted by Gasteiger charge is 2.17. The minimum absolute atomic E-state index is 0.0813. The van der Waals surface area contributed by atoms with Crippen LogP contribution >= 0.6 is 0 Å². The van der Waals surface area contributed by atoms with Crippen LogP contribution in [-0.2, 0) is 11.8 Å². The van der Waals surface area contributed by atoms with E-state index in [1.54, 1.807) is 32.2 Å². The summed E-state index contributed by atoms with van der Waals surface area (Å²) in [5.41, 5.74) is 0.900. The summed E-state index contributed by atoms with van der Waals surface area (Å²) >= 11 is 0. The van der Waals surface area contributed by atoms with E-state index >= 15 is 0 Å². The Morgan fingerprint density at radius 2 is 1.96 bits per heavy atom. The largest absolute Gasteiger partial charge is 0.496 e. The lowest BCUT2D eigenvalue weighted by molar-refractivity contribution is -0.135. The number of pyridine rings is 1. The van der Waals surface area contributed by atoms with Crippen LogP contribution in [0.4, 0.5) is 0 Å². The van der Waals surface area contributed by atoms with E-state index in [0.717, 1.165) is 0 Å².